The molecule has 4 rings (SSSR count). The maximum absolute atomic E-state index is 12.1. The molecule has 19 heteroatoms. The van der Waals surface area contributed by atoms with Crippen molar-refractivity contribution in [2.45, 2.75) is 69.6 Å². The molecule has 2 heterocycles. The van der Waals surface area contributed by atoms with E-state index < -0.39 is 52.2 Å². The molecule has 0 saturated carbocycles. The number of aliphatic hydroxyl groups is 1. The van der Waals surface area contributed by atoms with E-state index in [9.17, 15) is 44.0 Å². The Morgan fingerprint density at radius 2 is 1.59 bits per heavy atom. The average Bonchev–Trinajstić information content (AvgIpc) is 3.28. The second-order valence-electron chi connectivity index (χ2n) is 14.4. The molecule has 1 N–H and O–H groups in total. The number of rotatable bonds is 17. The van der Waals surface area contributed by atoms with E-state index in [2.05, 4.69) is 20.8 Å². The molecule has 1 aliphatic carbocycles. The number of aliphatic hydroxyl groups excluding tert-OH is 1. The number of allylic oxidation sites excluding steroid dienone is 3. The van der Waals surface area contributed by atoms with Gasteiger partial charge in [0.15, 0.2) is 0 Å². The van der Waals surface area contributed by atoms with Gasteiger partial charge in [0.2, 0.25) is 5.36 Å². The van der Waals surface area contributed by atoms with E-state index in [4.69, 9.17) is 9.15 Å². The fraction of sp³-hybridized carbons (Fsp3) is 0.486. The van der Waals surface area contributed by atoms with Gasteiger partial charge in [0, 0.05) is 52.9 Å². The number of anilines is 1. The summed E-state index contributed by atoms with van der Waals surface area (Å²) in [5.74, 6) is -0.0308. The van der Waals surface area contributed by atoms with Gasteiger partial charge < -0.3 is 32.8 Å². The fourth-order valence-corrected chi connectivity index (χ4v) is 8.32. The molecule has 14 nitrogen and oxygen atoms in total. The topological polar surface area (TPSA) is 220 Å². The molecule has 0 radical (unpaired) electrons. The first-order valence-electron chi connectivity index (χ1n) is 17.6. The summed E-state index contributed by atoms with van der Waals surface area (Å²) < 4.78 is 118. The van der Waals surface area contributed by atoms with Crippen LogP contribution in [0.3, 0.4) is 0 Å². The molecule has 1 aromatic rings. The van der Waals surface area contributed by atoms with Crippen LogP contribution in [0.1, 0.15) is 70.8 Å². The predicted octanol–water partition coefficient (Wildman–Crippen LogP) is -2.67. The summed E-state index contributed by atoms with van der Waals surface area (Å²) in [6.07, 6.45) is 5.56. The van der Waals surface area contributed by atoms with Crippen molar-refractivity contribution in [3.8, 4) is 11.3 Å². The quantitative estimate of drug-likeness (QED) is 0.0635. The van der Waals surface area contributed by atoms with E-state index in [-0.39, 0.29) is 110 Å². The Labute approximate surface area is 374 Å². The van der Waals surface area contributed by atoms with Crippen LogP contribution in [0.2, 0.25) is 0 Å². The van der Waals surface area contributed by atoms with Crippen molar-refractivity contribution >= 4 is 42.1 Å². The molecule has 2 aliphatic heterocycles. The van der Waals surface area contributed by atoms with Crippen LogP contribution in [-0.4, -0.2) is 95.0 Å². The Morgan fingerprint density at radius 3 is 2.18 bits per heavy atom. The number of hydrogen-bond donors (Lipinski definition) is 1. The SMILES string of the molecule is CC[N+](CCCS(=O)(=O)[O-])=c1ccc2c(C(C)(C)C)cc(/C=C/C=C3/N(CCOCCO)c4ccc(S(=O)(=O)[O-])cc4C3(C)CCCS(=O)(=O)[O-])oc-2c1.[Na+].[Na+]. The normalized spacial score (nSPS) is 17.6. The molecule has 0 saturated heterocycles. The van der Waals surface area contributed by atoms with E-state index in [1.807, 2.05) is 40.7 Å². The molecule has 0 amide bonds. The zero-order valence-electron chi connectivity index (χ0n) is 33.1. The summed E-state index contributed by atoms with van der Waals surface area (Å²) in [5.41, 5.74) is 2.21. The third kappa shape index (κ3) is 13.6. The van der Waals surface area contributed by atoms with Crippen LogP contribution in [-0.2, 0) is 45.9 Å². The van der Waals surface area contributed by atoms with Gasteiger partial charge in [-0.05, 0) is 85.7 Å². The molecule has 1 aromatic carbocycles. The molecule has 0 fully saturated rings. The number of ether oxygens (including phenoxy) is 1. The van der Waals surface area contributed by atoms with Gasteiger partial charge in [-0.15, -0.1) is 0 Å². The molecule has 298 valence electrons. The second-order valence-corrected chi connectivity index (χ2v) is 18.8. The van der Waals surface area contributed by atoms with Crippen LogP contribution in [0.25, 0.3) is 17.4 Å². The molecular weight excluding hydrogens is 807 g/mol. The summed E-state index contributed by atoms with van der Waals surface area (Å²) in [7, 11) is -13.7. The maximum atomic E-state index is 12.1. The van der Waals surface area contributed by atoms with Gasteiger partial charge in [0.25, 0.3) is 0 Å². The molecular formula is C37H48N2Na2O12S3. The Hall–Kier alpha value is -1.42. The van der Waals surface area contributed by atoms with Crippen molar-refractivity contribution in [1.29, 1.82) is 0 Å². The van der Waals surface area contributed by atoms with Crippen molar-refractivity contribution < 1.29 is 112 Å². The smallest absolute Gasteiger partial charge is 0.748 e. The van der Waals surface area contributed by atoms with Gasteiger partial charge in [-0.25, -0.2) is 29.8 Å². The number of hydrogen-bond acceptors (Lipinski definition) is 13. The average molecular weight is 855 g/mol. The van der Waals surface area contributed by atoms with Gasteiger partial charge in [0.1, 0.15) is 34.7 Å². The van der Waals surface area contributed by atoms with Crippen molar-refractivity contribution in [1.82, 2.24) is 4.58 Å². The van der Waals surface area contributed by atoms with Crippen LogP contribution in [0.5, 0.6) is 0 Å². The Bertz CT molecular complexity index is 2270. The minimum Gasteiger partial charge on any atom is -0.748 e. The number of nitrogens with zero attached hydrogens (tertiary/aromatic N) is 2. The summed E-state index contributed by atoms with van der Waals surface area (Å²) in [6.45, 7) is 11.2. The van der Waals surface area contributed by atoms with Crippen molar-refractivity contribution in [3.63, 3.8) is 0 Å². The molecule has 3 aliphatic rings. The zero-order valence-corrected chi connectivity index (χ0v) is 39.6. The largest absolute Gasteiger partial charge is 1.00 e. The summed E-state index contributed by atoms with van der Waals surface area (Å²) in [5, 5.41) is 10.0. The minimum atomic E-state index is -4.84. The van der Waals surface area contributed by atoms with E-state index >= 15 is 0 Å². The Balaban J connectivity index is 0.00000541. The monoisotopic (exact) mass is 854 g/mol. The van der Waals surface area contributed by atoms with Crippen LogP contribution < -0.4 is 73.9 Å². The van der Waals surface area contributed by atoms with Crippen LogP contribution in [0.4, 0.5) is 5.69 Å². The van der Waals surface area contributed by atoms with E-state index in [0.29, 0.717) is 41.6 Å². The maximum Gasteiger partial charge on any atom is 1.00 e. The summed E-state index contributed by atoms with van der Waals surface area (Å²) in [6, 6.07) is 11.7. The number of fused-ring (bicyclic) bond motifs is 2. The molecule has 0 aromatic heterocycles. The first-order valence-corrected chi connectivity index (χ1v) is 22.1. The molecule has 1 unspecified atom stereocenters. The Kier molecular flexibility index (Phi) is 18.8. The molecule has 0 spiro atoms. The van der Waals surface area contributed by atoms with Gasteiger partial charge in [-0.1, -0.05) is 26.8 Å². The number of benzene rings is 2. The van der Waals surface area contributed by atoms with Crippen LogP contribution >= 0.6 is 0 Å². The van der Waals surface area contributed by atoms with E-state index in [0.717, 1.165) is 16.5 Å². The van der Waals surface area contributed by atoms with Gasteiger partial charge in [0.05, 0.1) is 51.0 Å². The minimum absolute atomic E-state index is 0. The predicted molar refractivity (Wildman–Crippen MR) is 202 cm³/mol. The van der Waals surface area contributed by atoms with Crippen LogP contribution in [0.15, 0.2) is 69.6 Å². The first kappa shape index (κ1) is 50.7. The molecule has 1 atom stereocenters. The molecule has 56 heavy (non-hydrogen) atoms. The third-order valence-corrected chi connectivity index (χ3v) is 11.8. The standard InChI is InChI=1S/C37H50N2O12S3.2Na/c1-6-38(17-9-23-53(44,45)46)27-12-14-30-31(36(2,3)4)25-28(51-34(30)24-27)10-7-11-35-37(5,16-8-22-52(41,42)43)32-26-29(54(47,48)49)13-15-33(32)39(35)18-20-50-21-19-40;;/h7,10-15,24-26,40H,6,8-9,16-23H2,1-5H3,(H2-,41,42,43,44,45,46,47,48,49);;/q;2*+1/p-2. The van der Waals surface area contributed by atoms with Gasteiger partial charge in [-0.3, -0.25) is 0 Å². The van der Waals surface area contributed by atoms with E-state index in [1.54, 1.807) is 25.2 Å². The summed E-state index contributed by atoms with van der Waals surface area (Å²) >= 11 is 0. The Morgan fingerprint density at radius 1 is 0.929 bits per heavy atom. The molecule has 0 bridgehead atoms. The first-order chi connectivity index (χ1) is 25.1. The van der Waals surface area contributed by atoms with Gasteiger partial charge >= 0.3 is 59.1 Å². The zero-order chi connectivity index (χ0) is 40.1. The van der Waals surface area contributed by atoms with Crippen molar-refractivity contribution in [3.05, 3.63) is 82.6 Å². The van der Waals surface area contributed by atoms with Gasteiger partial charge in [-0.2, -0.15) is 0 Å². The van der Waals surface area contributed by atoms with Crippen molar-refractivity contribution in [2.24, 2.45) is 0 Å². The second kappa shape index (κ2) is 20.7. The van der Waals surface area contributed by atoms with Crippen LogP contribution in [0, 0.1) is 0 Å². The van der Waals surface area contributed by atoms with Crippen molar-refractivity contribution in [2.75, 3.05) is 55.9 Å². The fourth-order valence-electron chi connectivity index (χ4n) is 6.85. The third-order valence-electron chi connectivity index (χ3n) is 9.43. The summed E-state index contributed by atoms with van der Waals surface area (Å²) in [4.78, 5) is 1.43. The van der Waals surface area contributed by atoms with E-state index in [1.165, 1.54) is 18.2 Å².